The molecule has 0 spiro atoms. The molecule has 2 saturated heterocycles. The fraction of sp³-hybridized carbons (Fsp3) is 0.500. The maximum Gasteiger partial charge on any atom is 0.245 e. The molecule has 0 unspecified atom stereocenters. The van der Waals surface area contributed by atoms with E-state index in [2.05, 4.69) is 0 Å². The number of hydrogen-bond acceptors (Lipinski definition) is 4. The number of carbonyl (C=O) groups excluding carboxylic acids is 2. The molecule has 2 amide bonds. The first kappa shape index (κ1) is 17.3. The summed E-state index contributed by atoms with van der Waals surface area (Å²) in [6, 6.07) is 2.42. The summed E-state index contributed by atoms with van der Waals surface area (Å²) in [6.07, 6.45) is 0.975. The Kier molecular flexibility index (Phi) is 4.90. The molecule has 8 heteroatoms. The third kappa shape index (κ3) is 2.94. The van der Waals surface area contributed by atoms with Gasteiger partial charge in [0.05, 0.1) is 23.2 Å². The van der Waals surface area contributed by atoms with Crippen molar-refractivity contribution in [2.24, 2.45) is 0 Å². The summed E-state index contributed by atoms with van der Waals surface area (Å²) in [6.45, 7) is 0.387. The number of piperazine rings is 1. The highest BCUT2D eigenvalue weighted by atomic mass is 35.5. The van der Waals surface area contributed by atoms with Crippen LogP contribution in [0.25, 0.3) is 0 Å². The molecule has 0 radical (unpaired) electrons. The number of aromatic hydroxyl groups is 1. The Morgan fingerprint density at radius 1 is 1.25 bits per heavy atom. The van der Waals surface area contributed by atoms with Gasteiger partial charge in [-0.1, -0.05) is 23.2 Å². The van der Waals surface area contributed by atoms with Crippen LogP contribution in [0, 0.1) is 0 Å². The number of aliphatic hydroxyl groups is 1. The van der Waals surface area contributed by atoms with Crippen LogP contribution in [0.5, 0.6) is 5.75 Å². The summed E-state index contributed by atoms with van der Waals surface area (Å²) in [7, 11) is 0. The Labute approximate surface area is 149 Å². The van der Waals surface area contributed by atoms with E-state index in [1.165, 1.54) is 17.0 Å². The van der Waals surface area contributed by atoms with Crippen LogP contribution in [-0.2, 0) is 9.59 Å². The quantitative estimate of drug-likeness (QED) is 0.844. The molecule has 1 aromatic rings. The van der Waals surface area contributed by atoms with E-state index in [4.69, 9.17) is 28.3 Å². The second kappa shape index (κ2) is 6.78. The van der Waals surface area contributed by atoms with Gasteiger partial charge in [-0.05, 0) is 30.9 Å². The summed E-state index contributed by atoms with van der Waals surface area (Å²) in [5, 5.41) is 19.9. The lowest BCUT2D eigenvalue weighted by molar-refractivity contribution is -0.158. The molecule has 0 aliphatic carbocycles. The van der Waals surface area contributed by atoms with Crippen LogP contribution in [0.2, 0.25) is 10.0 Å². The SMILES string of the molecule is O=C1[C@H]2C[C@@H](c3c(O)ccc(Cl)c3Cl)CCN2C(=O)CN1CCO. The van der Waals surface area contributed by atoms with E-state index >= 15 is 0 Å². The predicted molar refractivity (Wildman–Crippen MR) is 89.3 cm³/mol. The molecular weight excluding hydrogens is 355 g/mol. The van der Waals surface area contributed by atoms with Gasteiger partial charge in [-0.25, -0.2) is 0 Å². The molecule has 3 rings (SSSR count). The molecule has 6 nitrogen and oxygen atoms in total. The number of fused-ring (bicyclic) bond motifs is 1. The second-order valence-corrected chi connectivity index (χ2v) is 6.89. The number of phenolic OH excluding ortho intramolecular Hbond substituents is 1. The van der Waals surface area contributed by atoms with Crippen molar-refractivity contribution in [1.82, 2.24) is 9.80 Å². The molecule has 0 aromatic heterocycles. The van der Waals surface area contributed by atoms with E-state index < -0.39 is 6.04 Å². The molecule has 2 aliphatic rings. The van der Waals surface area contributed by atoms with Crippen LogP contribution in [0.1, 0.15) is 24.3 Å². The van der Waals surface area contributed by atoms with Crippen LogP contribution in [0.4, 0.5) is 0 Å². The summed E-state index contributed by atoms with van der Waals surface area (Å²) in [4.78, 5) is 27.8. The van der Waals surface area contributed by atoms with Gasteiger partial charge in [-0.15, -0.1) is 0 Å². The summed E-state index contributed by atoms with van der Waals surface area (Å²) in [5.41, 5.74) is 0.531. The highest BCUT2D eigenvalue weighted by molar-refractivity contribution is 6.42. The number of benzene rings is 1. The maximum atomic E-state index is 12.6. The standard InChI is InChI=1S/C16H18Cl2N2O4/c17-10-1-2-12(22)14(15(10)18)9-3-4-20-11(7-9)16(24)19(5-6-21)8-13(20)23/h1-2,9,11,21-22H,3-8H2/t9-,11+/m0/s1. The fourth-order valence-corrected chi connectivity index (χ4v) is 4.04. The lowest BCUT2D eigenvalue weighted by Gasteiger charge is -2.45. The predicted octanol–water partition coefficient (Wildman–Crippen LogP) is 1.61. The van der Waals surface area contributed by atoms with Crippen LogP contribution in [0.15, 0.2) is 12.1 Å². The number of carbonyl (C=O) groups is 2. The number of β-amino-alcohol motifs (C(OH)–C–C–N with tert-alkyl or cyclic N) is 1. The number of piperidine rings is 1. The van der Waals surface area contributed by atoms with Crippen molar-refractivity contribution in [3.63, 3.8) is 0 Å². The van der Waals surface area contributed by atoms with Gasteiger partial charge >= 0.3 is 0 Å². The molecular formula is C16H18Cl2N2O4. The minimum absolute atomic E-state index is 0.00370. The summed E-state index contributed by atoms with van der Waals surface area (Å²) < 4.78 is 0. The zero-order valence-electron chi connectivity index (χ0n) is 12.9. The molecule has 130 valence electrons. The van der Waals surface area contributed by atoms with Crippen LogP contribution < -0.4 is 0 Å². The van der Waals surface area contributed by atoms with Crippen molar-refractivity contribution in [3.8, 4) is 5.75 Å². The van der Waals surface area contributed by atoms with Gasteiger partial charge in [0.25, 0.3) is 0 Å². The van der Waals surface area contributed by atoms with Crippen molar-refractivity contribution in [1.29, 1.82) is 0 Å². The van der Waals surface area contributed by atoms with Gasteiger partial charge in [-0.3, -0.25) is 9.59 Å². The number of phenols is 1. The third-order valence-corrected chi connectivity index (χ3v) is 5.55. The highest BCUT2D eigenvalue weighted by Gasteiger charge is 2.43. The molecule has 2 atom stereocenters. The second-order valence-electron chi connectivity index (χ2n) is 6.10. The Hall–Kier alpha value is -1.50. The van der Waals surface area contributed by atoms with Gasteiger partial charge in [0.2, 0.25) is 11.8 Å². The van der Waals surface area contributed by atoms with E-state index in [9.17, 15) is 14.7 Å². The lowest BCUT2D eigenvalue weighted by Crippen LogP contribution is -2.62. The number of hydrogen-bond donors (Lipinski definition) is 2. The molecule has 2 heterocycles. The Morgan fingerprint density at radius 2 is 2.00 bits per heavy atom. The number of rotatable bonds is 3. The molecule has 0 bridgehead atoms. The monoisotopic (exact) mass is 372 g/mol. The maximum absolute atomic E-state index is 12.6. The van der Waals surface area contributed by atoms with Crippen molar-refractivity contribution in [2.75, 3.05) is 26.2 Å². The number of amides is 2. The summed E-state index contributed by atoms with van der Waals surface area (Å²) >= 11 is 12.3. The van der Waals surface area contributed by atoms with E-state index in [0.29, 0.717) is 30.0 Å². The number of nitrogens with zero attached hydrogens (tertiary/aromatic N) is 2. The first-order chi connectivity index (χ1) is 11.4. The third-order valence-electron chi connectivity index (χ3n) is 4.73. The molecule has 2 N–H and O–H groups in total. The topological polar surface area (TPSA) is 81.1 Å². The van der Waals surface area contributed by atoms with Gasteiger partial charge in [0.1, 0.15) is 11.8 Å². The molecule has 1 aromatic carbocycles. The van der Waals surface area contributed by atoms with Crippen molar-refractivity contribution in [3.05, 3.63) is 27.7 Å². The molecule has 24 heavy (non-hydrogen) atoms. The van der Waals surface area contributed by atoms with Crippen molar-refractivity contribution < 1.29 is 19.8 Å². The van der Waals surface area contributed by atoms with E-state index in [1.807, 2.05) is 0 Å². The van der Waals surface area contributed by atoms with Crippen LogP contribution >= 0.6 is 23.2 Å². The highest BCUT2D eigenvalue weighted by Crippen LogP contribution is 2.43. The first-order valence-electron chi connectivity index (χ1n) is 7.80. The van der Waals surface area contributed by atoms with E-state index in [-0.39, 0.29) is 48.2 Å². The Bertz CT molecular complexity index is 682. The first-order valence-corrected chi connectivity index (χ1v) is 8.55. The van der Waals surface area contributed by atoms with Gasteiger partial charge < -0.3 is 20.0 Å². The molecule has 2 aliphatic heterocycles. The largest absolute Gasteiger partial charge is 0.508 e. The Morgan fingerprint density at radius 3 is 2.71 bits per heavy atom. The van der Waals surface area contributed by atoms with Crippen LogP contribution in [-0.4, -0.2) is 64.1 Å². The lowest BCUT2D eigenvalue weighted by atomic mass is 9.83. The van der Waals surface area contributed by atoms with Crippen LogP contribution in [0.3, 0.4) is 0 Å². The Balaban J connectivity index is 1.88. The van der Waals surface area contributed by atoms with Crippen molar-refractivity contribution >= 4 is 35.0 Å². The van der Waals surface area contributed by atoms with Gasteiger partial charge in [-0.2, -0.15) is 0 Å². The number of aliphatic hydroxyl groups excluding tert-OH is 1. The number of halogens is 2. The smallest absolute Gasteiger partial charge is 0.245 e. The minimum atomic E-state index is -0.592. The summed E-state index contributed by atoms with van der Waals surface area (Å²) in [5.74, 6) is -0.410. The van der Waals surface area contributed by atoms with Gasteiger partial charge in [0, 0.05) is 18.7 Å². The zero-order chi connectivity index (χ0) is 17.4. The van der Waals surface area contributed by atoms with Gasteiger partial charge in [0.15, 0.2) is 0 Å². The average molecular weight is 373 g/mol. The van der Waals surface area contributed by atoms with E-state index in [1.54, 1.807) is 4.90 Å². The normalized spacial score (nSPS) is 24.3. The molecule has 2 fully saturated rings. The minimum Gasteiger partial charge on any atom is -0.508 e. The molecule has 0 saturated carbocycles. The van der Waals surface area contributed by atoms with Crippen molar-refractivity contribution in [2.45, 2.75) is 24.8 Å². The average Bonchev–Trinajstić information content (AvgIpc) is 2.56. The fourth-order valence-electron chi connectivity index (χ4n) is 3.56. The zero-order valence-corrected chi connectivity index (χ0v) is 14.4. The van der Waals surface area contributed by atoms with E-state index in [0.717, 1.165) is 0 Å².